The molecule has 2 rings (SSSR count). The molecule has 0 fully saturated rings. The second-order valence-electron chi connectivity index (χ2n) is 5.50. The molecule has 0 spiro atoms. The molecule has 0 aliphatic rings. The van der Waals surface area contributed by atoms with Gasteiger partial charge in [-0.05, 0) is 42.8 Å². The zero-order valence-corrected chi connectivity index (χ0v) is 14.4. The topological polar surface area (TPSA) is 55.4 Å². The number of hydrogen-bond acceptors (Lipinski definition) is 3. The zero-order chi connectivity index (χ0) is 19.3. The van der Waals surface area contributed by atoms with Crippen LogP contribution in [0, 0.1) is 0 Å². The summed E-state index contributed by atoms with van der Waals surface area (Å²) < 4.78 is 43.0. The SMILES string of the molecule is C[C@@H](OC(=O)Cc1cccc(C(F)(F)F)c1)C(=O)Nc1ccc(Cl)cc1. The van der Waals surface area contributed by atoms with Gasteiger partial charge < -0.3 is 10.1 Å². The number of esters is 1. The Morgan fingerprint density at radius 3 is 2.42 bits per heavy atom. The molecule has 2 aromatic carbocycles. The lowest BCUT2D eigenvalue weighted by atomic mass is 10.1. The molecule has 4 nitrogen and oxygen atoms in total. The Balaban J connectivity index is 1.92. The summed E-state index contributed by atoms with van der Waals surface area (Å²) in [6.07, 6.45) is -5.97. The van der Waals surface area contributed by atoms with Gasteiger partial charge in [0.25, 0.3) is 5.91 Å². The van der Waals surface area contributed by atoms with Gasteiger partial charge in [0.2, 0.25) is 0 Å². The summed E-state index contributed by atoms with van der Waals surface area (Å²) in [6.45, 7) is 1.37. The molecule has 2 aromatic rings. The van der Waals surface area contributed by atoms with Gasteiger partial charge in [0, 0.05) is 10.7 Å². The van der Waals surface area contributed by atoms with Crippen molar-refractivity contribution in [3.05, 3.63) is 64.7 Å². The first kappa shape index (κ1) is 19.8. The van der Waals surface area contributed by atoms with Crippen molar-refractivity contribution in [2.75, 3.05) is 5.32 Å². The fraction of sp³-hybridized carbons (Fsp3) is 0.222. The molecule has 1 amide bonds. The number of ether oxygens (including phenoxy) is 1. The average Bonchev–Trinajstić information content (AvgIpc) is 2.56. The summed E-state index contributed by atoms with van der Waals surface area (Å²) in [5.41, 5.74) is -0.230. The first-order valence-electron chi connectivity index (χ1n) is 7.57. The summed E-state index contributed by atoms with van der Waals surface area (Å²) in [6, 6.07) is 10.7. The molecule has 0 unspecified atom stereocenters. The quantitative estimate of drug-likeness (QED) is 0.772. The molecule has 0 aliphatic carbocycles. The van der Waals surface area contributed by atoms with Crippen molar-refractivity contribution in [2.24, 2.45) is 0 Å². The van der Waals surface area contributed by atoms with Crippen LogP contribution in [0.2, 0.25) is 5.02 Å². The minimum absolute atomic E-state index is 0.148. The third-order valence-corrected chi connectivity index (χ3v) is 3.64. The smallest absolute Gasteiger partial charge is 0.416 e. The van der Waals surface area contributed by atoms with Crippen molar-refractivity contribution in [2.45, 2.75) is 25.6 Å². The first-order valence-corrected chi connectivity index (χ1v) is 7.95. The summed E-state index contributed by atoms with van der Waals surface area (Å²) in [5, 5.41) is 3.05. The Kier molecular flexibility index (Phi) is 6.26. The van der Waals surface area contributed by atoms with E-state index in [1.54, 1.807) is 24.3 Å². The molecular formula is C18H15ClF3NO3. The third-order valence-electron chi connectivity index (χ3n) is 3.39. The minimum atomic E-state index is -4.49. The lowest BCUT2D eigenvalue weighted by Gasteiger charge is -2.14. The summed E-state index contributed by atoms with van der Waals surface area (Å²) in [7, 11) is 0. The maximum absolute atomic E-state index is 12.7. The molecule has 1 N–H and O–H groups in total. The molecule has 26 heavy (non-hydrogen) atoms. The van der Waals surface area contributed by atoms with E-state index in [-0.39, 0.29) is 12.0 Å². The number of carbonyl (C=O) groups is 2. The Labute approximate surface area is 152 Å². The van der Waals surface area contributed by atoms with Crippen LogP contribution in [0.25, 0.3) is 0 Å². The van der Waals surface area contributed by atoms with Crippen molar-refractivity contribution in [3.8, 4) is 0 Å². The predicted octanol–water partition coefficient (Wildman–Crippen LogP) is 4.47. The molecule has 1 atom stereocenters. The van der Waals surface area contributed by atoms with E-state index < -0.39 is 29.7 Å². The monoisotopic (exact) mass is 385 g/mol. The van der Waals surface area contributed by atoms with Crippen molar-refractivity contribution >= 4 is 29.2 Å². The number of benzene rings is 2. The van der Waals surface area contributed by atoms with Crippen LogP contribution in [0.3, 0.4) is 0 Å². The van der Waals surface area contributed by atoms with E-state index in [4.69, 9.17) is 16.3 Å². The number of amides is 1. The number of halogens is 4. The lowest BCUT2D eigenvalue weighted by molar-refractivity contribution is -0.152. The highest BCUT2D eigenvalue weighted by molar-refractivity contribution is 6.30. The van der Waals surface area contributed by atoms with E-state index in [1.165, 1.54) is 19.1 Å². The number of hydrogen-bond donors (Lipinski definition) is 1. The van der Waals surface area contributed by atoms with Crippen LogP contribution < -0.4 is 5.32 Å². The molecule has 8 heteroatoms. The van der Waals surface area contributed by atoms with Gasteiger partial charge in [-0.15, -0.1) is 0 Å². The van der Waals surface area contributed by atoms with E-state index in [0.717, 1.165) is 12.1 Å². The van der Waals surface area contributed by atoms with E-state index in [1.807, 2.05) is 0 Å². The molecule has 0 saturated carbocycles. The van der Waals surface area contributed by atoms with E-state index in [9.17, 15) is 22.8 Å². The molecule has 0 aliphatic heterocycles. The van der Waals surface area contributed by atoms with Crippen LogP contribution in [-0.4, -0.2) is 18.0 Å². The van der Waals surface area contributed by atoms with Gasteiger partial charge in [0.1, 0.15) is 0 Å². The van der Waals surface area contributed by atoms with E-state index >= 15 is 0 Å². The van der Waals surface area contributed by atoms with Gasteiger partial charge in [-0.2, -0.15) is 13.2 Å². The third kappa shape index (κ3) is 5.77. The van der Waals surface area contributed by atoms with Crippen LogP contribution in [0.1, 0.15) is 18.1 Å². The number of anilines is 1. The van der Waals surface area contributed by atoms with Crippen molar-refractivity contribution in [1.82, 2.24) is 0 Å². The highest BCUT2D eigenvalue weighted by Crippen LogP contribution is 2.29. The minimum Gasteiger partial charge on any atom is -0.452 e. The first-order chi connectivity index (χ1) is 12.1. The van der Waals surface area contributed by atoms with Crippen molar-refractivity contribution in [1.29, 1.82) is 0 Å². The molecule has 0 heterocycles. The highest BCUT2D eigenvalue weighted by atomic mass is 35.5. The Morgan fingerprint density at radius 1 is 1.15 bits per heavy atom. The number of rotatable bonds is 5. The highest BCUT2D eigenvalue weighted by Gasteiger charge is 2.30. The van der Waals surface area contributed by atoms with Gasteiger partial charge in [-0.1, -0.05) is 29.8 Å². The van der Waals surface area contributed by atoms with Crippen molar-refractivity contribution in [3.63, 3.8) is 0 Å². The van der Waals surface area contributed by atoms with Gasteiger partial charge in [0.15, 0.2) is 6.10 Å². The van der Waals surface area contributed by atoms with Gasteiger partial charge in [-0.25, -0.2) is 0 Å². The van der Waals surface area contributed by atoms with Crippen LogP contribution in [0.15, 0.2) is 48.5 Å². The molecule has 0 bridgehead atoms. The molecule has 0 saturated heterocycles. The standard InChI is InChI=1S/C18H15ClF3NO3/c1-11(17(25)23-15-7-5-14(19)6-8-15)26-16(24)10-12-3-2-4-13(9-12)18(20,21)22/h2-9,11H,10H2,1H3,(H,23,25)/t11-/m1/s1. The summed E-state index contributed by atoms with van der Waals surface area (Å²) in [5.74, 6) is -1.37. The van der Waals surface area contributed by atoms with Crippen LogP contribution >= 0.6 is 11.6 Å². The summed E-state index contributed by atoms with van der Waals surface area (Å²) in [4.78, 5) is 23.9. The zero-order valence-electron chi connectivity index (χ0n) is 13.6. The fourth-order valence-corrected chi connectivity index (χ4v) is 2.22. The van der Waals surface area contributed by atoms with Crippen molar-refractivity contribution < 1.29 is 27.5 Å². The Bertz CT molecular complexity index is 791. The van der Waals surface area contributed by atoms with Gasteiger partial charge in [-0.3, -0.25) is 9.59 Å². The second-order valence-corrected chi connectivity index (χ2v) is 5.94. The second kappa shape index (κ2) is 8.23. The number of alkyl halides is 3. The van der Waals surface area contributed by atoms with Crippen LogP contribution in [-0.2, 0) is 26.9 Å². The lowest BCUT2D eigenvalue weighted by Crippen LogP contribution is -2.30. The summed E-state index contributed by atoms with van der Waals surface area (Å²) >= 11 is 5.74. The maximum atomic E-state index is 12.7. The Morgan fingerprint density at radius 2 is 1.81 bits per heavy atom. The van der Waals surface area contributed by atoms with E-state index in [0.29, 0.717) is 10.7 Å². The Hall–Kier alpha value is -2.54. The maximum Gasteiger partial charge on any atom is 0.416 e. The van der Waals surface area contributed by atoms with Gasteiger partial charge >= 0.3 is 12.1 Å². The molecular weight excluding hydrogens is 371 g/mol. The van der Waals surface area contributed by atoms with Gasteiger partial charge in [0.05, 0.1) is 12.0 Å². The predicted molar refractivity (Wildman–Crippen MR) is 90.8 cm³/mol. The number of nitrogens with one attached hydrogen (secondary N) is 1. The fourth-order valence-electron chi connectivity index (χ4n) is 2.09. The van der Waals surface area contributed by atoms with Crippen LogP contribution in [0.4, 0.5) is 18.9 Å². The normalized spacial score (nSPS) is 12.3. The van der Waals surface area contributed by atoms with E-state index in [2.05, 4.69) is 5.32 Å². The van der Waals surface area contributed by atoms with Crippen LogP contribution in [0.5, 0.6) is 0 Å². The molecule has 138 valence electrons. The average molecular weight is 386 g/mol. The molecule has 0 aromatic heterocycles. The number of carbonyl (C=O) groups excluding carboxylic acids is 2. The largest absolute Gasteiger partial charge is 0.452 e. The molecule has 0 radical (unpaired) electrons.